The number of carbonyl (C=O) groups is 1. The zero-order chi connectivity index (χ0) is 28.2. The van der Waals surface area contributed by atoms with E-state index in [-0.39, 0.29) is 17.9 Å². The van der Waals surface area contributed by atoms with Crippen molar-refractivity contribution in [3.63, 3.8) is 0 Å². The molecule has 1 N–H and O–H groups in total. The lowest BCUT2D eigenvalue weighted by molar-refractivity contribution is 0.0691. The fourth-order valence-electron chi connectivity index (χ4n) is 3.97. The minimum atomic E-state index is -3.90. The van der Waals surface area contributed by atoms with E-state index in [1.165, 1.54) is 32.4 Å². The summed E-state index contributed by atoms with van der Waals surface area (Å²) < 4.78 is 59.0. The Balaban J connectivity index is 1.72. The number of halogens is 1. The predicted molar refractivity (Wildman–Crippen MR) is 144 cm³/mol. The number of ether oxygens (including phenoxy) is 3. The number of hydrogen-bond donors (Lipinski definition) is 1. The van der Waals surface area contributed by atoms with Crippen LogP contribution in [0.3, 0.4) is 0 Å². The summed E-state index contributed by atoms with van der Waals surface area (Å²) in [7, 11) is -1.01. The average Bonchev–Trinajstić information content (AvgIpc) is 2.92. The first-order chi connectivity index (χ1) is 18.6. The summed E-state index contributed by atoms with van der Waals surface area (Å²) >= 11 is 0. The van der Waals surface area contributed by atoms with Crippen LogP contribution < -0.4 is 18.4 Å². The van der Waals surface area contributed by atoms with Crippen molar-refractivity contribution in [2.24, 2.45) is 0 Å². The second-order valence-corrected chi connectivity index (χ2v) is 10.1. The van der Waals surface area contributed by atoms with Crippen LogP contribution in [-0.4, -0.2) is 40.0 Å². The fourth-order valence-corrected chi connectivity index (χ4v) is 4.44. The number of benzene rings is 4. The number of carboxylic acid groups (broad SMARTS) is 1. The molecule has 0 atom stereocenters. The van der Waals surface area contributed by atoms with Crippen molar-refractivity contribution < 1.29 is 41.1 Å². The highest BCUT2D eigenvalue weighted by atomic mass is 32.2. The van der Waals surface area contributed by atoms with E-state index >= 15 is 0 Å². The van der Waals surface area contributed by atoms with Crippen LogP contribution in [0.1, 0.15) is 15.9 Å². The lowest BCUT2D eigenvalue weighted by Crippen LogP contribution is -2.07. The highest BCUT2D eigenvalue weighted by molar-refractivity contribution is 7.86. The Bertz CT molecular complexity index is 1620. The zero-order valence-electron chi connectivity index (χ0n) is 21.3. The maximum absolute atomic E-state index is 14.6. The molecule has 4 aromatic carbocycles. The fraction of sp³-hybridized carbons (Fsp3) is 0.138. The van der Waals surface area contributed by atoms with E-state index in [1.807, 2.05) is 30.3 Å². The van der Waals surface area contributed by atoms with Crippen LogP contribution in [0.5, 0.6) is 23.0 Å². The van der Waals surface area contributed by atoms with Crippen LogP contribution in [0.15, 0.2) is 78.9 Å². The SMILES string of the molecule is COc1cc(-c2ccc(OCc3ccccc3)c(C(=O)O)c2)c(OC)cc1-c1ccc(OS(C)(=O)=O)c(F)c1. The molecular formula is C29H25FO8S. The lowest BCUT2D eigenvalue weighted by atomic mass is 9.96. The van der Waals surface area contributed by atoms with E-state index < -0.39 is 27.7 Å². The Labute approximate surface area is 225 Å². The molecule has 0 aromatic heterocycles. The van der Waals surface area contributed by atoms with Gasteiger partial charge in [-0.1, -0.05) is 42.5 Å². The Morgan fingerprint density at radius 3 is 1.87 bits per heavy atom. The van der Waals surface area contributed by atoms with Gasteiger partial charge in [-0.05, 0) is 53.1 Å². The molecule has 0 aliphatic carbocycles. The van der Waals surface area contributed by atoms with Gasteiger partial charge in [0.05, 0.1) is 20.5 Å². The Morgan fingerprint density at radius 1 is 0.795 bits per heavy atom. The van der Waals surface area contributed by atoms with Crippen LogP contribution in [0.2, 0.25) is 0 Å². The van der Waals surface area contributed by atoms with Crippen LogP contribution in [-0.2, 0) is 16.7 Å². The van der Waals surface area contributed by atoms with E-state index in [0.29, 0.717) is 33.8 Å². The summed E-state index contributed by atoms with van der Waals surface area (Å²) in [6.45, 7) is 0.205. The van der Waals surface area contributed by atoms with Gasteiger partial charge in [0, 0.05) is 11.1 Å². The molecule has 0 unspecified atom stereocenters. The van der Waals surface area contributed by atoms with E-state index in [9.17, 15) is 22.7 Å². The van der Waals surface area contributed by atoms with E-state index in [4.69, 9.17) is 14.2 Å². The molecule has 4 rings (SSSR count). The molecule has 0 amide bonds. The van der Waals surface area contributed by atoms with Gasteiger partial charge in [0.2, 0.25) is 0 Å². The van der Waals surface area contributed by atoms with Crippen LogP contribution in [0.25, 0.3) is 22.3 Å². The molecule has 0 spiro atoms. The molecule has 8 nitrogen and oxygen atoms in total. The molecule has 0 aliphatic heterocycles. The summed E-state index contributed by atoms with van der Waals surface area (Å²) in [5.74, 6) is -1.53. The van der Waals surface area contributed by atoms with E-state index in [1.54, 1.807) is 24.3 Å². The monoisotopic (exact) mass is 552 g/mol. The Hall–Kier alpha value is -4.57. The van der Waals surface area contributed by atoms with Gasteiger partial charge < -0.3 is 23.5 Å². The molecule has 4 aromatic rings. The van der Waals surface area contributed by atoms with E-state index in [0.717, 1.165) is 17.9 Å². The highest BCUT2D eigenvalue weighted by Crippen LogP contribution is 2.42. The standard InChI is InChI=1S/C29H25FO8S/c1-35-27-16-22(20-10-12-26(24(30)14-20)38-39(3,33)34)28(36-2)15-21(27)19-9-11-25(23(13-19)29(31)32)37-17-18-7-5-4-6-8-18/h4-16H,17H2,1-3H3,(H,31,32). The number of aromatic carboxylic acids is 1. The van der Waals surface area contributed by atoms with Crippen LogP contribution >= 0.6 is 0 Å². The molecule has 39 heavy (non-hydrogen) atoms. The largest absolute Gasteiger partial charge is 0.496 e. The average molecular weight is 553 g/mol. The van der Waals surface area contributed by atoms with Crippen molar-refractivity contribution in [2.75, 3.05) is 20.5 Å². The predicted octanol–water partition coefficient (Wildman–Crippen LogP) is 5.79. The number of hydrogen-bond acceptors (Lipinski definition) is 7. The van der Waals surface area contributed by atoms with Gasteiger partial charge in [-0.15, -0.1) is 0 Å². The summed E-state index contributed by atoms with van der Waals surface area (Å²) in [6, 6.07) is 21.3. The molecule has 0 saturated heterocycles. The molecule has 10 heteroatoms. The third-order valence-corrected chi connectivity index (χ3v) is 6.25. The molecule has 0 heterocycles. The number of methoxy groups -OCH3 is 2. The molecule has 202 valence electrons. The molecule has 0 aliphatic rings. The molecule has 0 saturated carbocycles. The van der Waals surface area contributed by atoms with Crippen molar-refractivity contribution in [1.29, 1.82) is 0 Å². The van der Waals surface area contributed by atoms with Crippen molar-refractivity contribution in [3.8, 4) is 45.3 Å². The van der Waals surface area contributed by atoms with Gasteiger partial charge in [-0.2, -0.15) is 8.42 Å². The zero-order valence-corrected chi connectivity index (χ0v) is 22.1. The Morgan fingerprint density at radius 2 is 1.36 bits per heavy atom. The first kappa shape index (κ1) is 27.5. The van der Waals surface area contributed by atoms with Gasteiger partial charge in [-0.25, -0.2) is 9.18 Å². The third kappa shape index (κ3) is 6.47. The van der Waals surface area contributed by atoms with Crippen LogP contribution in [0, 0.1) is 5.82 Å². The quantitative estimate of drug-likeness (QED) is 0.246. The van der Waals surface area contributed by atoms with Gasteiger partial charge >= 0.3 is 16.1 Å². The maximum atomic E-state index is 14.6. The minimum Gasteiger partial charge on any atom is -0.496 e. The topological polar surface area (TPSA) is 108 Å². The summed E-state index contributed by atoms with van der Waals surface area (Å²) in [6.07, 6.45) is 0.824. The van der Waals surface area contributed by atoms with Gasteiger partial charge in [0.25, 0.3) is 0 Å². The number of carboxylic acids is 1. The van der Waals surface area contributed by atoms with Crippen molar-refractivity contribution in [1.82, 2.24) is 0 Å². The summed E-state index contributed by atoms with van der Waals surface area (Å²) in [5, 5.41) is 9.85. The second-order valence-electron chi connectivity index (χ2n) is 8.48. The Kier molecular flexibility index (Phi) is 8.06. The molecule has 0 bridgehead atoms. The second kappa shape index (κ2) is 11.4. The third-order valence-electron chi connectivity index (χ3n) is 5.76. The van der Waals surface area contributed by atoms with Crippen molar-refractivity contribution in [2.45, 2.75) is 6.61 Å². The van der Waals surface area contributed by atoms with Gasteiger partial charge in [-0.3, -0.25) is 0 Å². The maximum Gasteiger partial charge on any atom is 0.339 e. The van der Waals surface area contributed by atoms with Crippen molar-refractivity contribution in [3.05, 3.63) is 95.8 Å². The van der Waals surface area contributed by atoms with Crippen molar-refractivity contribution >= 4 is 16.1 Å². The smallest absolute Gasteiger partial charge is 0.339 e. The lowest BCUT2D eigenvalue weighted by Gasteiger charge is -2.17. The normalized spacial score (nSPS) is 11.1. The molecular weight excluding hydrogens is 527 g/mol. The van der Waals surface area contributed by atoms with E-state index in [2.05, 4.69) is 4.18 Å². The molecule has 0 fully saturated rings. The van der Waals surface area contributed by atoms with Gasteiger partial charge in [0.15, 0.2) is 11.6 Å². The summed E-state index contributed by atoms with van der Waals surface area (Å²) in [5.41, 5.74) is 2.77. The highest BCUT2D eigenvalue weighted by Gasteiger charge is 2.20. The first-order valence-corrected chi connectivity index (χ1v) is 13.4. The minimum absolute atomic E-state index is 0.0305. The molecule has 0 radical (unpaired) electrons. The van der Waals surface area contributed by atoms with Gasteiger partial charge in [0.1, 0.15) is 29.4 Å². The number of rotatable bonds is 10. The summed E-state index contributed by atoms with van der Waals surface area (Å²) in [4.78, 5) is 12.1. The first-order valence-electron chi connectivity index (χ1n) is 11.6. The van der Waals surface area contributed by atoms with Crippen LogP contribution in [0.4, 0.5) is 4.39 Å².